The van der Waals surface area contributed by atoms with E-state index in [0.717, 1.165) is 37.2 Å². The van der Waals surface area contributed by atoms with E-state index >= 15 is 0 Å². The van der Waals surface area contributed by atoms with Crippen LogP contribution in [0.5, 0.6) is 0 Å². The van der Waals surface area contributed by atoms with Gasteiger partial charge in [0.1, 0.15) is 0 Å². The molecule has 1 aromatic carbocycles. The van der Waals surface area contributed by atoms with Gasteiger partial charge in [-0.25, -0.2) is 0 Å². The van der Waals surface area contributed by atoms with Crippen LogP contribution in [0, 0.1) is 0 Å². The normalized spacial score (nSPS) is 15.5. The lowest BCUT2D eigenvalue weighted by Gasteiger charge is -2.21. The van der Waals surface area contributed by atoms with Crippen molar-refractivity contribution in [2.45, 2.75) is 39.8 Å². The van der Waals surface area contributed by atoms with E-state index in [9.17, 15) is 9.59 Å². The molecule has 1 aliphatic heterocycles. The summed E-state index contributed by atoms with van der Waals surface area (Å²) in [6.07, 6.45) is 1.46. The lowest BCUT2D eigenvalue weighted by Crippen LogP contribution is -2.39. The SMILES string of the molecule is CCOCc1ccc(CNC(=O)CN2CCCN(C(=O)CC)CC2)cc1. The molecular formula is C20H31N3O3. The van der Waals surface area contributed by atoms with E-state index in [2.05, 4.69) is 10.2 Å². The second-order valence-electron chi connectivity index (χ2n) is 6.59. The second kappa shape index (κ2) is 10.9. The Labute approximate surface area is 156 Å². The van der Waals surface area contributed by atoms with Crippen molar-refractivity contribution in [3.63, 3.8) is 0 Å². The van der Waals surface area contributed by atoms with Crippen LogP contribution in [0.25, 0.3) is 0 Å². The standard InChI is InChI=1S/C20H31N3O3/c1-3-20(25)23-11-5-10-22(12-13-23)15-19(24)21-14-17-6-8-18(9-7-17)16-26-4-2/h6-9H,3-5,10-16H2,1-2H3,(H,21,24). The van der Waals surface area contributed by atoms with Crippen molar-refractivity contribution in [2.24, 2.45) is 0 Å². The smallest absolute Gasteiger partial charge is 0.234 e. The first-order valence-electron chi connectivity index (χ1n) is 9.54. The second-order valence-corrected chi connectivity index (χ2v) is 6.59. The third-order valence-corrected chi connectivity index (χ3v) is 4.60. The van der Waals surface area contributed by atoms with Crippen LogP contribution >= 0.6 is 0 Å². The summed E-state index contributed by atoms with van der Waals surface area (Å²) >= 11 is 0. The molecule has 1 aliphatic rings. The molecule has 2 amide bonds. The summed E-state index contributed by atoms with van der Waals surface area (Å²) in [6.45, 7) is 9.22. The summed E-state index contributed by atoms with van der Waals surface area (Å²) in [5, 5.41) is 2.98. The van der Waals surface area contributed by atoms with Gasteiger partial charge in [-0.15, -0.1) is 0 Å². The highest BCUT2D eigenvalue weighted by Gasteiger charge is 2.19. The first-order chi connectivity index (χ1) is 12.6. The van der Waals surface area contributed by atoms with Crippen LogP contribution in [-0.2, 0) is 27.5 Å². The molecule has 2 rings (SSSR count). The fourth-order valence-electron chi connectivity index (χ4n) is 3.03. The largest absolute Gasteiger partial charge is 0.377 e. The number of amides is 2. The van der Waals surface area contributed by atoms with Gasteiger partial charge in [-0.3, -0.25) is 14.5 Å². The molecule has 0 aliphatic carbocycles. The monoisotopic (exact) mass is 361 g/mol. The summed E-state index contributed by atoms with van der Waals surface area (Å²) in [4.78, 5) is 28.1. The van der Waals surface area contributed by atoms with E-state index in [1.54, 1.807) is 0 Å². The van der Waals surface area contributed by atoms with E-state index in [1.165, 1.54) is 0 Å². The first kappa shape index (κ1) is 20.4. The molecule has 0 spiro atoms. The van der Waals surface area contributed by atoms with Crippen LogP contribution in [0.4, 0.5) is 0 Å². The molecular weight excluding hydrogens is 330 g/mol. The van der Waals surface area contributed by atoms with Gasteiger partial charge in [0.25, 0.3) is 0 Å². The molecule has 144 valence electrons. The quantitative estimate of drug-likeness (QED) is 0.767. The minimum atomic E-state index is 0.0265. The van der Waals surface area contributed by atoms with Crippen molar-refractivity contribution in [1.29, 1.82) is 0 Å². The molecule has 1 N–H and O–H groups in total. The van der Waals surface area contributed by atoms with Crippen LogP contribution in [0.1, 0.15) is 37.8 Å². The molecule has 0 aromatic heterocycles. The molecule has 0 atom stereocenters. The molecule has 0 saturated carbocycles. The Balaban J connectivity index is 1.72. The third kappa shape index (κ3) is 6.77. The Morgan fingerprint density at radius 1 is 1.04 bits per heavy atom. The Morgan fingerprint density at radius 2 is 1.77 bits per heavy atom. The maximum absolute atomic E-state index is 12.2. The van der Waals surface area contributed by atoms with Gasteiger partial charge in [0, 0.05) is 45.8 Å². The number of carbonyl (C=O) groups is 2. The molecule has 0 unspecified atom stereocenters. The number of carbonyl (C=O) groups excluding carboxylic acids is 2. The number of nitrogens with one attached hydrogen (secondary N) is 1. The molecule has 1 heterocycles. The van der Waals surface area contributed by atoms with Gasteiger partial charge < -0.3 is 15.0 Å². The number of hydrogen-bond acceptors (Lipinski definition) is 4. The fraction of sp³-hybridized carbons (Fsp3) is 0.600. The molecule has 6 nitrogen and oxygen atoms in total. The summed E-state index contributed by atoms with van der Waals surface area (Å²) in [6, 6.07) is 8.11. The summed E-state index contributed by atoms with van der Waals surface area (Å²) in [7, 11) is 0. The van der Waals surface area contributed by atoms with Crippen LogP contribution in [0.15, 0.2) is 24.3 Å². The molecule has 26 heavy (non-hydrogen) atoms. The summed E-state index contributed by atoms with van der Waals surface area (Å²) in [5.41, 5.74) is 2.21. The molecule has 1 aromatic rings. The molecule has 0 bridgehead atoms. The Hall–Kier alpha value is -1.92. The van der Waals surface area contributed by atoms with Crippen molar-refractivity contribution < 1.29 is 14.3 Å². The van der Waals surface area contributed by atoms with Gasteiger partial charge >= 0.3 is 0 Å². The number of nitrogens with zero attached hydrogens (tertiary/aromatic N) is 2. The van der Waals surface area contributed by atoms with E-state index in [4.69, 9.17) is 4.74 Å². The summed E-state index contributed by atoms with van der Waals surface area (Å²) < 4.78 is 5.38. The van der Waals surface area contributed by atoms with Crippen LogP contribution in [-0.4, -0.2) is 60.9 Å². The van der Waals surface area contributed by atoms with Crippen molar-refractivity contribution >= 4 is 11.8 Å². The lowest BCUT2D eigenvalue weighted by atomic mass is 10.1. The number of hydrogen-bond donors (Lipinski definition) is 1. The summed E-state index contributed by atoms with van der Waals surface area (Å²) in [5.74, 6) is 0.225. The zero-order valence-electron chi connectivity index (χ0n) is 16.0. The average Bonchev–Trinajstić information content (AvgIpc) is 2.90. The van der Waals surface area contributed by atoms with E-state index < -0.39 is 0 Å². The maximum atomic E-state index is 12.2. The van der Waals surface area contributed by atoms with Gasteiger partial charge in [0.15, 0.2) is 0 Å². The fourth-order valence-corrected chi connectivity index (χ4v) is 3.03. The average molecular weight is 361 g/mol. The minimum absolute atomic E-state index is 0.0265. The minimum Gasteiger partial charge on any atom is -0.377 e. The predicted molar refractivity (Wildman–Crippen MR) is 102 cm³/mol. The zero-order valence-corrected chi connectivity index (χ0v) is 16.0. The van der Waals surface area contributed by atoms with Crippen LogP contribution in [0.2, 0.25) is 0 Å². The first-order valence-corrected chi connectivity index (χ1v) is 9.54. The van der Waals surface area contributed by atoms with Crippen molar-refractivity contribution in [3.05, 3.63) is 35.4 Å². The highest BCUT2D eigenvalue weighted by atomic mass is 16.5. The third-order valence-electron chi connectivity index (χ3n) is 4.60. The lowest BCUT2D eigenvalue weighted by molar-refractivity contribution is -0.130. The highest BCUT2D eigenvalue weighted by molar-refractivity contribution is 5.78. The Morgan fingerprint density at radius 3 is 2.46 bits per heavy atom. The number of ether oxygens (including phenoxy) is 1. The highest BCUT2D eigenvalue weighted by Crippen LogP contribution is 2.07. The molecule has 0 radical (unpaired) electrons. The Bertz CT molecular complexity index is 574. The van der Waals surface area contributed by atoms with Gasteiger partial charge in [-0.05, 0) is 24.5 Å². The number of rotatable bonds is 8. The van der Waals surface area contributed by atoms with Gasteiger partial charge in [0.2, 0.25) is 11.8 Å². The van der Waals surface area contributed by atoms with Crippen LogP contribution < -0.4 is 5.32 Å². The van der Waals surface area contributed by atoms with Crippen molar-refractivity contribution in [1.82, 2.24) is 15.1 Å². The van der Waals surface area contributed by atoms with Gasteiger partial charge in [-0.2, -0.15) is 0 Å². The Kier molecular flexibility index (Phi) is 8.58. The van der Waals surface area contributed by atoms with E-state index in [1.807, 2.05) is 43.0 Å². The molecule has 6 heteroatoms. The molecule has 1 saturated heterocycles. The number of benzene rings is 1. The van der Waals surface area contributed by atoms with Crippen LogP contribution in [0.3, 0.4) is 0 Å². The van der Waals surface area contributed by atoms with Crippen molar-refractivity contribution in [3.8, 4) is 0 Å². The zero-order chi connectivity index (χ0) is 18.8. The van der Waals surface area contributed by atoms with E-state index in [-0.39, 0.29) is 11.8 Å². The van der Waals surface area contributed by atoms with Gasteiger partial charge in [-0.1, -0.05) is 31.2 Å². The molecule has 1 fully saturated rings. The van der Waals surface area contributed by atoms with E-state index in [0.29, 0.717) is 39.3 Å². The maximum Gasteiger partial charge on any atom is 0.234 e. The van der Waals surface area contributed by atoms with Gasteiger partial charge in [0.05, 0.1) is 13.2 Å². The predicted octanol–water partition coefficient (Wildman–Crippen LogP) is 1.78. The topological polar surface area (TPSA) is 61.9 Å². The van der Waals surface area contributed by atoms with Crippen molar-refractivity contribution in [2.75, 3.05) is 39.3 Å².